The summed E-state index contributed by atoms with van der Waals surface area (Å²) in [5.74, 6) is 0.988. The van der Waals surface area contributed by atoms with Crippen LogP contribution in [-0.4, -0.2) is 0 Å². The number of anilines is 6. The molecule has 0 spiro atoms. The zero-order chi connectivity index (χ0) is 47.9. The maximum atomic E-state index is 2.46. The molecule has 0 amide bonds. The van der Waals surface area contributed by atoms with Crippen LogP contribution in [0.25, 0.3) is 65.3 Å². The lowest BCUT2D eigenvalue weighted by Crippen LogP contribution is -2.11. The van der Waals surface area contributed by atoms with Crippen LogP contribution in [-0.2, 0) is 0 Å². The van der Waals surface area contributed by atoms with Gasteiger partial charge in [-0.2, -0.15) is 0 Å². The monoisotopic (exact) mass is 904 g/mol. The van der Waals surface area contributed by atoms with E-state index in [0.29, 0.717) is 11.8 Å². The van der Waals surface area contributed by atoms with E-state index in [0.717, 1.165) is 47.0 Å². The average molecular weight is 905 g/mol. The van der Waals surface area contributed by atoms with Gasteiger partial charge in [0, 0.05) is 34.1 Å². The summed E-state index contributed by atoms with van der Waals surface area (Å²) in [5.41, 5.74) is 16.8. The maximum Gasteiger partial charge on any atom is 0.0468 e. The van der Waals surface area contributed by atoms with E-state index < -0.39 is 0 Å². The molecule has 0 N–H and O–H groups in total. The Kier molecular flexibility index (Phi) is 12.0. The predicted octanol–water partition coefficient (Wildman–Crippen LogP) is 20.2. The molecule has 0 radical (unpaired) electrons. The zero-order valence-electron chi connectivity index (χ0n) is 41.2. The van der Waals surface area contributed by atoms with Crippen molar-refractivity contribution in [1.82, 2.24) is 0 Å². The summed E-state index contributed by atoms with van der Waals surface area (Å²) in [6, 6.07) is 82.2. The highest BCUT2D eigenvalue weighted by Crippen LogP contribution is 2.49. The first-order valence-electron chi connectivity index (χ1n) is 25.2. The highest BCUT2D eigenvalue weighted by atomic mass is 15.1. The zero-order valence-corrected chi connectivity index (χ0v) is 41.2. The molecule has 0 saturated carbocycles. The molecule has 0 bridgehead atoms. The molecule has 11 rings (SSSR count). The lowest BCUT2D eigenvalue weighted by Gasteiger charge is -2.28. The topological polar surface area (TPSA) is 6.48 Å². The van der Waals surface area contributed by atoms with Gasteiger partial charge in [-0.25, -0.2) is 0 Å². The number of aryl methyl sites for hydroxylation is 2. The average Bonchev–Trinajstić information content (AvgIpc) is 3.41. The number of benzene rings is 11. The molecular weight excluding hydrogens is 845 g/mol. The predicted molar refractivity (Wildman–Crippen MR) is 304 cm³/mol. The van der Waals surface area contributed by atoms with Crippen molar-refractivity contribution in [2.24, 2.45) is 0 Å². The first-order chi connectivity index (χ1) is 34.2. The van der Waals surface area contributed by atoms with Crippen molar-refractivity contribution in [3.8, 4) is 22.3 Å². The molecule has 0 fully saturated rings. The Morgan fingerprint density at radius 1 is 0.314 bits per heavy atom. The molecule has 0 heterocycles. The third-order valence-electron chi connectivity index (χ3n) is 14.9. The van der Waals surface area contributed by atoms with Crippen molar-refractivity contribution >= 4 is 77.2 Å². The maximum absolute atomic E-state index is 2.46. The minimum atomic E-state index is 0.494. The molecule has 11 aromatic rings. The van der Waals surface area contributed by atoms with Gasteiger partial charge in [0.25, 0.3) is 0 Å². The van der Waals surface area contributed by atoms with Gasteiger partial charge in [-0.15, -0.1) is 0 Å². The summed E-state index contributed by atoms with van der Waals surface area (Å²) in [7, 11) is 0. The molecule has 11 aromatic carbocycles. The van der Waals surface area contributed by atoms with Crippen molar-refractivity contribution in [2.45, 2.75) is 66.2 Å². The molecule has 342 valence electrons. The van der Waals surface area contributed by atoms with Crippen molar-refractivity contribution in [3.63, 3.8) is 0 Å². The van der Waals surface area contributed by atoms with Gasteiger partial charge >= 0.3 is 0 Å². The summed E-state index contributed by atoms with van der Waals surface area (Å²) >= 11 is 0. The van der Waals surface area contributed by atoms with Crippen LogP contribution >= 0.6 is 0 Å². The summed E-state index contributed by atoms with van der Waals surface area (Å²) < 4.78 is 0. The normalized spacial score (nSPS) is 12.4. The van der Waals surface area contributed by atoms with Crippen molar-refractivity contribution in [3.05, 3.63) is 241 Å². The molecule has 0 aromatic heterocycles. The Labute approximate surface area is 414 Å². The van der Waals surface area contributed by atoms with Gasteiger partial charge in [0.1, 0.15) is 0 Å². The third-order valence-corrected chi connectivity index (χ3v) is 14.9. The Balaban J connectivity index is 1.23. The van der Waals surface area contributed by atoms with Crippen LogP contribution in [0.3, 0.4) is 0 Å². The van der Waals surface area contributed by atoms with Gasteiger partial charge in [0.15, 0.2) is 0 Å². The fourth-order valence-electron chi connectivity index (χ4n) is 10.5. The van der Waals surface area contributed by atoms with Crippen LogP contribution in [0, 0.1) is 13.8 Å². The first-order valence-corrected chi connectivity index (χ1v) is 25.2. The van der Waals surface area contributed by atoms with Crippen LogP contribution in [0.15, 0.2) is 218 Å². The number of hydrogen-bond donors (Lipinski definition) is 0. The summed E-state index contributed by atoms with van der Waals surface area (Å²) in [4.78, 5) is 4.86. The second-order valence-electron chi connectivity index (χ2n) is 19.5. The highest BCUT2D eigenvalue weighted by Gasteiger charge is 2.23. The van der Waals surface area contributed by atoms with E-state index in [2.05, 4.69) is 270 Å². The van der Waals surface area contributed by atoms with Crippen LogP contribution in [0.4, 0.5) is 34.1 Å². The molecule has 0 saturated heterocycles. The van der Waals surface area contributed by atoms with Gasteiger partial charge in [-0.1, -0.05) is 172 Å². The van der Waals surface area contributed by atoms with Crippen molar-refractivity contribution in [2.75, 3.05) is 9.80 Å². The summed E-state index contributed by atoms with van der Waals surface area (Å²) in [5, 5.41) is 9.75. The van der Waals surface area contributed by atoms with Gasteiger partial charge in [-0.3, -0.25) is 0 Å². The largest absolute Gasteiger partial charge is 0.310 e. The molecule has 0 aliphatic rings. The fraction of sp³-hybridized carbons (Fsp3) is 0.147. The third kappa shape index (κ3) is 8.39. The minimum Gasteiger partial charge on any atom is -0.310 e. The highest BCUT2D eigenvalue weighted by molar-refractivity contribution is 6.23. The molecule has 2 heteroatoms. The molecule has 70 heavy (non-hydrogen) atoms. The van der Waals surface area contributed by atoms with Crippen LogP contribution in [0.5, 0.6) is 0 Å². The second-order valence-corrected chi connectivity index (χ2v) is 19.5. The van der Waals surface area contributed by atoms with E-state index in [4.69, 9.17) is 0 Å². The number of hydrogen-bond acceptors (Lipinski definition) is 2. The molecule has 2 nitrogen and oxygen atoms in total. The van der Waals surface area contributed by atoms with Crippen LogP contribution < -0.4 is 9.80 Å². The lowest BCUT2D eigenvalue weighted by atomic mass is 9.84. The van der Waals surface area contributed by atoms with Gasteiger partial charge < -0.3 is 9.80 Å². The fourth-order valence-corrected chi connectivity index (χ4v) is 10.5. The molecule has 2 atom stereocenters. The first kappa shape index (κ1) is 44.6. The van der Waals surface area contributed by atoms with Crippen molar-refractivity contribution < 1.29 is 0 Å². The lowest BCUT2D eigenvalue weighted by molar-refractivity contribution is 0.733. The molecular formula is C68H60N2. The van der Waals surface area contributed by atoms with Crippen LogP contribution in [0.1, 0.15) is 74.6 Å². The van der Waals surface area contributed by atoms with Crippen LogP contribution in [0.2, 0.25) is 0 Å². The summed E-state index contributed by atoms with van der Waals surface area (Å²) in [6.07, 6.45) is 2.21. The Bertz CT molecular complexity index is 3410. The van der Waals surface area contributed by atoms with E-state index in [-0.39, 0.29) is 0 Å². The quantitative estimate of drug-likeness (QED) is 0.113. The standard InChI is InChI=1S/C68H60N2/c1-7-47(5)49-25-33-59(34-26-49)69(57-29-17-45(3)18-30-57)61-37-39-63-65(43-61)67(55-23-21-51-13-9-11-15-53(51)41-55)64-40-38-62(44-66(64)68(63)56-24-22-52-14-10-12-16-54(52)42-56)70(58-31-19-46(4)20-32-58)60-35-27-50(28-36-60)48(6)8-2/h9-44,47-48H,7-8H2,1-6H3. The van der Waals surface area contributed by atoms with E-state index in [9.17, 15) is 0 Å². The summed E-state index contributed by atoms with van der Waals surface area (Å²) in [6.45, 7) is 13.5. The Morgan fingerprint density at radius 3 is 1.00 bits per heavy atom. The Hall–Kier alpha value is -7.94. The SMILES string of the molecule is CCC(C)c1ccc(N(c2ccc(C)cc2)c2ccc3c(-c4ccc5ccccc5c4)c4cc(N(c5ccc(C)cc5)c5ccc(C(C)CC)cc5)ccc4c(-c4ccc5ccccc5c4)c3c2)cc1. The van der Waals surface area contributed by atoms with E-state index in [1.165, 1.54) is 87.6 Å². The van der Waals surface area contributed by atoms with E-state index in [1.807, 2.05) is 0 Å². The van der Waals surface area contributed by atoms with Crippen molar-refractivity contribution in [1.29, 1.82) is 0 Å². The molecule has 0 aliphatic heterocycles. The van der Waals surface area contributed by atoms with E-state index in [1.54, 1.807) is 0 Å². The molecule has 2 unspecified atom stereocenters. The van der Waals surface area contributed by atoms with Gasteiger partial charge in [0.05, 0.1) is 0 Å². The smallest absolute Gasteiger partial charge is 0.0468 e. The number of fused-ring (bicyclic) bond motifs is 4. The van der Waals surface area contributed by atoms with Gasteiger partial charge in [0.2, 0.25) is 0 Å². The Morgan fingerprint density at radius 2 is 0.643 bits per heavy atom. The minimum absolute atomic E-state index is 0.494. The second kappa shape index (κ2) is 18.9. The number of rotatable bonds is 12. The van der Waals surface area contributed by atoms with E-state index >= 15 is 0 Å². The molecule has 0 aliphatic carbocycles. The van der Waals surface area contributed by atoms with Gasteiger partial charge in [-0.05, 0) is 200 Å². The number of nitrogens with zero attached hydrogens (tertiary/aromatic N) is 2.